The molecular weight excluding hydrogens is 411 g/mol. The van der Waals surface area contributed by atoms with Gasteiger partial charge in [-0.3, -0.25) is 9.59 Å². The van der Waals surface area contributed by atoms with Crippen molar-refractivity contribution in [3.63, 3.8) is 0 Å². The topological polar surface area (TPSA) is 93.7 Å². The Hall–Kier alpha value is -3.29. The Bertz CT molecular complexity index is 987. The van der Waals surface area contributed by atoms with Gasteiger partial charge >= 0.3 is 0 Å². The molecule has 0 bridgehead atoms. The monoisotopic (exact) mass is 440 g/mol. The highest BCUT2D eigenvalue weighted by Gasteiger charge is 2.38. The van der Waals surface area contributed by atoms with E-state index in [0.29, 0.717) is 5.56 Å². The van der Waals surface area contributed by atoms with E-state index in [-0.39, 0.29) is 35.6 Å². The SMILES string of the molecule is CC(C)NC(=O)C1CCC(N2c3cc(O)ccc3NC2NC(=O)c2ccc(F)cc2)CC1. The smallest absolute Gasteiger partial charge is 0.254 e. The van der Waals surface area contributed by atoms with Crippen LogP contribution in [0.2, 0.25) is 0 Å². The third-order valence-electron chi connectivity index (χ3n) is 6.10. The Balaban J connectivity index is 1.51. The second-order valence-corrected chi connectivity index (χ2v) is 8.80. The Morgan fingerprint density at radius 1 is 1.09 bits per heavy atom. The number of benzene rings is 2. The first kappa shape index (κ1) is 21.9. The summed E-state index contributed by atoms with van der Waals surface area (Å²) in [5, 5.41) is 19.3. The number of halogens is 1. The van der Waals surface area contributed by atoms with E-state index in [1.165, 1.54) is 24.3 Å². The van der Waals surface area contributed by atoms with Crippen molar-refractivity contribution < 1.29 is 19.1 Å². The molecule has 2 aromatic rings. The van der Waals surface area contributed by atoms with Crippen LogP contribution in [0, 0.1) is 11.7 Å². The summed E-state index contributed by atoms with van der Waals surface area (Å²) in [6.45, 7) is 3.91. The van der Waals surface area contributed by atoms with Crippen molar-refractivity contribution in [3.8, 4) is 5.75 Å². The molecule has 1 atom stereocenters. The second-order valence-electron chi connectivity index (χ2n) is 8.80. The fraction of sp³-hybridized carbons (Fsp3) is 0.417. The summed E-state index contributed by atoms with van der Waals surface area (Å²) in [6.07, 6.45) is 2.57. The lowest BCUT2D eigenvalue weighted by Gasteiger charge is -2.39. The predicted octanol–water partition coefficient (Wildman–Crippen LogP) is 3.56. The lowest BCUT2D eigenvalue weighted by molar-refractivity contribution is -0.126. The first-order valence-corrected chi connectivity index (χ1v) is 11.1. The highest BCUT2D eigenvalue weighted by molar-refractivity contribution is 5.95. The lowest BCUT2D eigenvalue weighted by atomic mass is 9.84. The van der Waals surface area contributed by atoms with E-state index in [2.05, 4.69) is 20.9 Å². The van der Waals surface area contributed by atoms with Gasteiger partial charge in [-0.2, -0.15) is 0 Å². The van der Waals surface area contributed by atoms with Crippen molar-refractivity contribution in [1.29, 1.82) is 0 Å². The molecule has 2 amide bonds. The number of nitrogens with one attached hydrogen (secondary N) is 3. The first-order valence-electron chi connectivity index (χ1n) is 11.1. The van der Waals surface area contributed by atoms with Crippen LogP contribution < -0.4 is 20.9 Å². The number of rotatable bonds is 5. The van der Waals surface area contributed by atoms with E-state index in [4.69, 9.17) is 0 Å². The zero-order valence-electron chi connectivity index (χ0n) is 18.3. The molecule has 170 valence electrons. The average molecular weight is 441 g/mol. The van der Waals surface area contributed by atoms with Gasteiger partial charge in [0.1, 0.15) is 11.6 Å². The van der Waals surface area contributed by atoms with Crippen LogP contribution in [0.15, 0.2) is 42.5 Å². The van der Waals surface area contributed by atoms with Crippen molar-refractivity contribution in [3.05, 3.63) is 53.8 Å². The largest absolute Gasteiger partial charge is 0.508 e. The third kappa shape index (κ3) is 4.64. The van der Waals surface area contributed by atoms with Gasteiger partial charge in [-0.05, 0) is 75.9 Å². The number of hydrogen-bond donors (Lipinski definition) is 4. The quantitative estimate of drug-likeness (QED) is 0.534. The van der Waals surface area contributed by atoms with Crippen molar-refractivity contribution in [2.24, 2.45) is 5.92 Å². The van der Waals surface area contributed by atoms with Crippen molar-refractivity contribution in [2.45, 2.75) is 57.9 Å². The molecule has 1 fully saturated rings. The van der Waals surface area contributed by atoms with Crippen LogP contribution in [-0.4, -0.2) is 35.3 Å². The molecule has 1 aliphatic heterocycles. The molecule has 32 heavy (non-hydrogen) atoms. The number of fused-ring (bicyclic) bond motifs is 1. The Morgan fingerprint density at radius 3 is 2.44 bits per heavy atom. The zero-order valence-corrected chi connectivity index (χ0v) is 18.3. The summed E-state index contributed by atoms with van der Waals surface area (Å²) < 4.78 is 13.2. The summed E-state index contributed by atoms with van der Waals surface area (Å²) >= 11 is 0. The number of phenolic OH excluding ortho intramolecular Hbond substituents is 1. The van der Waals surface area contributed by atoms with E-state index in [0.717, 1.165) is 37.1 Å². The molecule has 0 radical (unpaired) electrons. The minimum Gasteiger partial charge on any atom is -0.508 e. The van der Waals surface area contributed by atoms with Crippen LogP contribution in [0.4, 0.5) is 15.8 Å². The number of aromatic hydroxyl groups is 1. The average Bonchev–Trinajstić information content (AvgIpc) is 3.10. The maximum Gasteiger partial charge on any atom is 0.254 e. The second kappa shape index (κ2) is 9.06. The van der Waals surface area contributed by atoms with Gasteiger partial charge in [0.25, 0.3) is 5.91 Å². The molecule has 1 unspecified atom stereocenters. The van der Waals surface area contributed by atoms with Gasteiger partial charge in [0.15, 0.2) is 6.29 Å². The van der Waals surface area contributed by atoms with E-state index >= 15 is 0 Å². The van der Waals surface area contributed by atoms with Crippen molar-refractivity contribution >= 4 is 23.2 Å². The van der Waals surface area contributed by atoms with Gasteiger partial charge in [0, 0.05) is 29.6 Å². The van der Waals surface area contributed by atoms with Gasteiger partial charge in [0.2, 0.25) is 5.91 Å². The summed E-state index contributed by atoms with van der Waals surface area (Å²) in [5.41, 5.74) is 1.98. The number of amides is 2. The summed E-state index contributed by atoms with van der Waals surface area (Å²) in [7, 11) is 0. The molecule has 0 spiro atoms. The summed E-state index contributed by atoms with van der Waals surface area (Å²) in [6, 6.07) is 10.7. The number of carbonyl (C=O) groups excluding carboxylic acids is 2. The Labute approximate surface area is 187 Å². The maximum absolute atomic E-state index is 13.2. The van der Waals surface area contributed by atoms with Gasteiger partial charge in [-0.15, -0.1) is 0 Å². The molecule has 1 saturated carbocycles. The van der Waals surface area contributed by atoms with Crippen LogP contribution in [-0.2, 0) is 4.79 Å². The zero-order chi connectivity index (χ0) is 22.8. The minimum absolute atomic E-state index is 0.0138. The van der Waals surface area contributed by atoms with Crippen molar-refractivity contribution in [1.82, 2.24) is 10.6 Å². The Morgan fingerprint density at radius 2 is 1.78 bits per heavy atom. The molecule has 4 rings (SSSR count). The molecule has 2 aromatic carbocycles. The van der Waals surface area contributed by atoms with Crippen LogP contribution >= 0.6 is 0 Å². The maximum atomic E-state index is 13.2. The van der Waals surface area contributed by atoms with Crippen LogP contribution in [0.25, 0.3) is 0 Å². The molecule has 0 saturated heterocycles. The standard InChI is InChI=1S/C24H29FN4O3/c1-14(2)26-22(31)16-5-9-18(10-6-16)29-21-13-19(30)11-12-20(21)27-24(29)28-23(32)15-3-7-17(25)8-4-15/h3-4,7-8,11-14,16,18,24,27,30H,5-6,9-10H2,1-2H3,(H,26,31)(H,28,32). The molecule has 8 heteroatoms. The van der Waals surface area contributed by atoms with Gasteiger partial charge in [0.05, 0.1) is 11.4 Å². The molecule has 1 aliphatic carbocycles. The first-order chi connectivity index (χ1) is 15.3. The van der Waals surface area contributed by atoms with E-state index in [1.54, 1.807) is 18.2 Å². The van der Waals surface area contributed by atoms with E-state index in [1.807, 2.05) is 13.8 Å². The normalized spacial score (nSPS) is 22.2. The number of anilines is 2. The fourth-order valence-corrected chi connectivity index (χ4v) is 4.55. The number of hydrogen-bond acceptors (Lipinski definition) is 5. The van der Waals surface area contributed by atoms with Crippen LogP contribution in [0.3, 0.4) is 0 Å². The van der Waals surface area contributed by atoms with Gasteiger partial charge in [-0.25, -0.2) is 4.39 Å². The van der Waals surface area contributed by atoms with Crippen LogP contribution in [0.5, 0.6) is 5.75 Å². The molecule has 0 aromatic heterocycles. The number of carbonyl (C=O) groups is 2. The molecular formula is C24H29FN4O3. The number of phenols is 1. The van der Waals surface area contributed by atoms with E-state index in [9.17, 15) is 19.1 Å². The van der Waals surface area contributed by atoms with Gasteiger partial charge in [-0.1, -0.05) is 0 Å². The molecule has 4 N–H and O–H groups in total. The highest BCUT2D eigenvalue weighted by Crippen LogP contribution is 2.41. The van der Waals surface area contributed by atoms with Crippen LogP contribution in [0.1, 0.15) is 49.9 Å². The fourth-order valence-electron chi connectivity index (χ4n) is 4.55. The molecule has 2 aliphatic rings. The molecule has 1 heterocycles. The third-order valence-corrected chi connectivity index (χ3v) is 6.10. The lowest BCUT2D eigenvalue weighted by Crippen LogP contribution is -2.54. The number of nitrogens with zero attached hydrogens (tertiary/aromatic N) is 1. The van der Waals surface area contributed by atoms with Crippen molar-refractivity contribution in [2.75, 3.05) is 10.2 Å². The molecule has 7 nitrogen and oxygen atoms in total. The minimum atomic E-state index is -0.518. The summed E-state index contributed by atoms with van der Waals surface area (Å²) in [5.74, 6) is -0.499. The summed E-state index contributed by atoms with van der Waals surface area (Å²) in [4.78, 5) is 27.3. The van der Waals surface area contributed by atoms with E-state index < -0.39 is 12.1 Å². The highest BCUT2D eigenvalue weighted by atomic mass is 19.1. The predicted molar refractivity (Wildman–Crippen MR) is 121 cm³/mol. The Kier molecular flexibility index (Phi) is 6.21. The van der Waals surface area contributed by atoms with Gasteiger partial charge < -0.3 is 26.0 Å².